The summed E-state index contributed by atoms with van der Waals surface area (Å²) in [6.45, 7) is 0. The molecule has 0 aliphatic carbocycles. The number of methoxy groups -OCH3 is 1. The number of hydrogen-bond acceptors (Lipinski definition) is 6. The van der Waals surface area contributed by atoms with E-state index >= 15 is 0 Å². The zero-order chi connectivity index (χ0) is 18.4. The summed E-state index contributed by atoms with van der Waals surface area (Å²) in [5.74, 6) is 0.350. The quantitative estimate of drug-likeness (QED) is 0.666. The van der Waals surface area contributed by atoms with Crippen LogP contribution in [0.4, 0.5) is 5.82 Å². The SMILES string of the molecule is COC(=O)[C@H](Cc1ccccc1)Nc1cc(-c2ccc(O)cc2)ncn1. The number of nitrogens with zero attached hydrogens (tertiary/aromatic N) is 2. The molecule has 0 fully saturated rings. The Bertz CT molecular complexity index is 867. The Labute approximate surface area is 151 Å². The van der Waals surface area contributed by atoms with Crippen LogP contribution < -0.4 is 5.32 Å². The summed E-state index contributed by atoms with van der Waals surface area (Å²) in [4.78, 5) is 20.6. The molecule has 0 aliphatic heterocycles. The van der Waals surface area contributed by atoms with Gasteiger partial charge in [0.1, 0.15) is 23.9 Å². The summed E-state index contributed by atoms with van der Waals surface area (Å²) in [5, 5.41) is 12.5. The molecular weight excluding hydrogens is 330 g/mol. The average molecular weight is 349 g/mol. The second-order valence-corrected chi connectivity index (χ2v) is 5.75. The maximum Gasteiger partial charge on any atom is 0.328 e. The molecule has 6 heteroatoms. The summed E-state index contributed by atoms with van der Waals surface area (Å²) in [5.41, 5.74) is 2.54. The first-order chi connectivity index (χ1) is 12.7. The number of carbonyl (C=O) groups is 1. The standard InChI is InChI=1S/C20H19N3O3/c1-26-20(25)18(11-14-5-3-2-4-6-14)23-19-12-17(21-13-22-19)15-7-9-16(24)10-8-15/h2-10,12-13,18,24H,11H2,1H3,(H,21,22,23)/t18-/m0/s1. The number of benzene rings is 2. The van der Waals surface area contributed by atoms with Crippen molar-refractivity contribution >= 4 is 11.8 Å². The van der Waals surface area contributed by atoms with E-state index in [2.05, 4.69) is 15.3 Å². The van der Waals surface area contributed by atoms with Gasteiger partial charge in [-0.3, -0.25) is 0 Å². The minimum Gasteiger partial charge on any atom is -0.508 e. The Balaban J connectivity index is 1.81. The topological polar surface area (TPSA) is 84.3 Å². The van der Waals surface area contributed by atoms with Gasteiger partial charge in [-0.25, -0.2) is 14.8 Å². The molecule has 3 aromatic rings. The molecule has 0 radical (unpaired) electrons. The van der Waals surface area contributed by atoms with E-state index in [4.69, 9.17) is 4.74 Å². The van der Waals surface area contributed by atoms with Gasteiger partial charge in [0.2, 0.25) is 0 Å². The second kappa shape index (κ2) is 8.11. The molecule has 1 aromatic heterocycles. The predicted molar refractivity (Wildman–Crippen MR) is 98.7 cm³/mol. The van der Waals surface area contributed by atoms with Gasteiger partial charge in [0.25, 0.3) is 0 Å². The highest BCUT2D eigenvalue weighted by Crippen LogP contribution is 2.22. The van der Waals surface area contributed by atoms with Crippen molar-refractivity contribution in [3.63, 3.8) is 0 Å². The lowest BCUT2D eigenvalue weighted by atomic mass is 10.1. The molecule has 2 N–H and O–H groups in total. The van der Waals surface area contributed by atoms with E-state index in [-0.39, 0.29) is 11.7 Å². The summed E-state index contributed by atoms with van der Waals surface area (Å²) in [6.07, 6.45) is 1.91. The fraction of sp³-hybridized carbons (Fsp3) is 0.150. The molecule has 26 heavy (non-hydrogen) atoms. The van der Waals surface area contributed by atoms with Crippen molar-refractivity contribution in [3.8, 4) is 17.0 Å². The van der Waals surface area contributed by atoms with Gasteiger partial charge in [0.05, 0.1) is 12.8 Å². The number of nitrogens with one attached hydrogen (secondary N) is 1. The van der Waals surface area contributed by atoms with Gasteiger partial charge in [0.15, 0.2) is 0 Å². The van der Waals surface area contributed by atoms with Crippen molar-refractivity contribution in [1.29, 1.82) is 0 Å². The van der Waals surface area contributed by atoms with Crippen LogP contribution in [0.15, 0.2) is 67.0 Å². The van der Waals surface area contributed by atoms with E-state index in [9.17, 15) is 9.90 Å². The first-order valence-corrected chi connectivity index (χ1v) is 8.15. The number of ether oxygens (including phenoxy) is 1. The van der Waals surface area contributed by atoms with Gasteiger partial charge >= 0.3 is 5.97 Å². The third-order valence-electron chi connectivity index (χ3n) is 3.92. The molecule has 0 aliphatic rings. The average Bonchev–Trinajstić information content (AvgIpc) is 2.68. The fourth-order valence-corrected chi connectivity index (χ4v) is 2.59. The maximum absolute atomic E-state index is 12.2. The van der Waals surface area contributed by atoms with E-state index in [0.717, 1.165) is 11.1 Å². The first-order valence-electron chi connectivity index (χ1n) is 8.15. The van der Waals surface area contributed by atoms with Crippen molar-refractivity contribution in [1.82, 2.24) is 9.97 Å². The first kappa shape index (κ1) is 17.4. The lowest BCUT2D eigenvalue weighted by Gasteiger charge is -2.17. The molecule has 1 heterocycles. The monoisotopic (exact) mass is 349 g/mol. The Morgan fingerprint density at radius 1 is 1.12 bits per heavy atom. The van der Waals surface area contributed by atoms with Crippen LogP contribution in [0.5, 0.6) is 5.75 Å². The lowest BCUT2D eigenvalue weighted by molar-refractivity contribution is -0.141. The number of carbonyl (C=O) groups excluding carboxylic acids is 1. The number of phenols is 1. The molecule has 3 rings (SSSR count). The fourth-order valence-electron chi connectivity index (χ4n) is 2.59. The Kier molecular flexibility index (Phi) is 5.43. The Morgan fingerprint density at radius 3 is 2.54 bits per heavy atom. The molecule has 0 bridgehead atoms. The van der Waals surface area contributed by atoms with Gasteiger partial charge in [-0.1, -0.05) is 30.3 Å². The minimum atomic E-state index is -0.565. The Morgan fingerprint density at radius 2 is 1.85 bits per heavy atom. The van der Waals surface area contributed by atoms with Crippen LogP contribution >= 0.6 is 0 Å². The molecule has 0 unspecified atom stereocenters. The third-order valence-corrected chi connectivity index (χ3v) is 3.92. The van der Waals surface area contributed by atoms with E-state index in [1.165, 1.54) is 13.4 Å². The number of phenolic OH excluding ortho intramolecular Hbond substituents is 1. The molecule has 0 amide bonds. The lowest BCUT2D eigenvalue weighted by Crippen LogP contribution is -2.33. The van der Waals surface area contributed by atoms with Crippen LogP contribution in [0, 0.1) is 0 Å². The molecule has 0 spiro atoms. The smallest absolute Gasteiger partial charge is 0.328 e. The van der Waals surface area contributed by atoms with Gasteiger partial charge in [-0.05, 0) is 29.8 Å². The van der Waals surface area contributed by atoms with E-state index < -0.39 is 6.04 Å². The van der Waals surface area contributed by atoms with E-state index in [1.807, 2.05) is 30.3 Å². The predicted octanol–water partition coefficient (Wildman–Crippen LogP) is 3.05. The highest BCUT2D eigenvalue weighted by Gasteiger charge is 2.20. The van der Waals surface area contributed by atoms with Crippen molar-refractivity contribution in [3.05, 3.63) is 72.6 Å². The van der Waals surface area contributed by atoms with Gasteiger partial charge in [-0.2, -0.15) is 0 Å². The third kappa shape index (κ3) is 4.36. The zero-order valence-corrected chi connectivity index (χ0v) is 14.3. The van der Waals surface area contributed by atoms with E-state index in [1.54, 1.807) is 30.3 Å². The number of aromatic nitrogens is 2. The van der Waals surface area contributed by atoms with Crippen molar-refractivity contribution in [2.75, 3.05) is 12.4 Å². The van der Waals surface area contributed by atoms with Crippen LogP contribution in [-0.4, -0.2) is 34.2 Å². The summed E-state index contributed by atoms with van der Waals surface area (Å²) in [6, 6.07) is 17.6. The molecule has 0 saturated heterocycles. The van der Waals surface area contributed by atoms with Crippen molar-refractivity contribution in [2.45, 2.75) is 12.5 Å². The largest absolute Gasteiger partial charge is 0.508 e. The van der Waals surface area contributed by atoms with Crippen LogP contribution in [0.3, 0.4) is 0 Å². The highest BCUT2D eigenvalue weighted by atomic mass is 16.5. The molecule has 0 saturated carbocycles. The van der Waals surface area contributed by atoms with Crippen LogP contribution in [0.25, 0.3) is 11.3 Å². The number of rotatable bonds is 6. The number of esters is 1. The molecule has 1 atom stereocenters. The second-order valence-electron chi connectivity index (χ2n) is 5.75. The van der Waals surface area contributed by atoms with E-state index in [0.29, 0.717) is 17.9 Å². The molecule has 6 nitrogen and oxygen atoms in total. The van der Waals surface area contributed by atoms with Crippen LogP contribution in [0.1, 0.15) is 5.56 Å². The summed E-state index contributed by atoms with van der Waals surface area (Å²) >= 11 is 0. The van der Waals surface area contributed by atoms with Crippen LogP contribution in [-0.2, 0) is 16.0 Å². The van der Waals surface area contributed by atoms with Crippen LogP contribution in [0.2, 0.25) is 0 Å². The van der Waals surface area contributed by atoms with Gasteiger partial charge < -0.3 is 15.2 Å². The normalized spacial score (nSPS) is 11.6. The number of hydrogen-bond donors (Lipinski definition) is 2. The summed E-state index contributed by atoms with van der Waals surface area (Å²) < 4.78 is 4.91. The van der Waals surface area contributed by atoms with Crippen molar-refractivity contribution in [2.24, 2.45) is 0 Å². The Hall–Kier alpha value is -3.41. The van der Waals surface area contributed by atoms with Gasteiger partial charge in [0, 0.05) is 18.1 Å². The molecule has 132 valence electrons. The molecule has 2 aromatic carbocycles. The highest BCUT2D eigenvalue weighted by molar-refractivity contribution is 5.79. The van der Waals surface area contributed by atoms with Crippen molar-refractivity contribution < 1.29 is 14.6 Å². The number of anilines is 1. The van der Waals surface area contributed by atoms with Gasteiger partial charge in [-0.15, -0.1) is 0 Å². The summed E-state index contributed by atoms with van der Waals surface area (Å²) in [7, 11) is 1.36. The minimum absolute atomic E-state index is 0.190. The molecular formula is C20H19N3O3. The number of aromatic hydroxyl groups is 1. The maximum atomic E-state index is 12.2. The zero-order valence-electron chi connectivity index (χ0n) is 14.3.